The van der Waals surface area contributed by atoms with Crippen LogP contribution in [0.1, 0.15) is 26.7 Å². The van der Waals surface area contributed by atoms with Crippen LogP contribution in [0.4, 0.5) is 0 Å². The zero-order chi connectivity index (χ0) is 14.8. The molecule has 5 heteroatoms. The van der Waals surface area contributed by atoms with E-state index in [9.17, 15) is 4.79 Å². The highest BCUT2D eigenvalue weighted by molar-refractivity contribution is 5.79. The number of aliphatic imine (C=N–C) groups is 1. The molecule has 1 rings (SSSR count). The normalized spacial score (nSPS) is 11.7. The molecular formula is C15H26N4O. The number of pyridine rings is 1. The van der Waals surface area contributed by atoms with Crippen molar-refractivity contribution in [3.63, 3.8) is 0 Å². The fourth-order valence-corrected chi connectivity index (χ4v) is 1.78. The van der Waals surface area contributed by atoms with E-state index in [1.807, 2.05) is 12.3 Å². The molecule has 0 radical (unpaired) electrons. The average Bonchev–Trinajstić information content (AvgIpc) is 2.43. The van der Waals surface area contributed by atoms with Crippen LogP contribution in [-0.2, 0) is 6.54 Å². The summed E-state index contributed by atoms with van der Waals surface area (Å²) in [4.78, 5) is 15.7. The summed E-state index contributed by atoms with van der Waals surface area (Å²) in [6, 6.07) is 5.25. The Bertz CT molecular complexity index is 465. The Balaban J connectivity index is 2.18. The number of unbranched alkanes of at least 4 members (excludes halogenated alkanes) is 1. The van der Waals surface area contributed by atoms with Gasteiger partial charge in [0, 0.05) is 38.9 Å². The predicted molar refractivity (Wildman–Crippen MR) is 84.1 cm³/mol. The fraction of sp³-hybridized carbons (Fsp3) is 0.600. The van der Waals surface area contributed by atoms with Crippen LogP contribution in [0.3, 0.4) is 0 Å². The first kappa shape index (κ1) is 16.3. The monoisotopic (exact) mass is 278 g/mol. The molecule has 112 valence electrons. The lowest BCUT2D eigenvalue weighted by Crippen LogP contribution is -2.39. The Morgan fingerprint density at radius 2 is 2.10 bits per heavy atom. The van der Waals surface area contributed by atoms with Crippen molar-refractivity contribution in [2.45, 2.75) is 33.2 Å². The first-order chi connectivity index (χ1) is 9.63. The number of hydrogen-bond acceptors (Lipinski definition) is 2. The Hall–Kier alpha value is -1.78. The zero-order valence-corrected chi connectivity index (χ0v) is 12.7. The molecule has 0 unspecified atom stereocenters. The van der Waals surface area contributed by atoms with Crippen LogP contribution in [0, 0.1) is 5.92 Å². The summed E-state index contributed by atoms with van der Waals surface area (Å²) >= 11 is 0. The lowest BCUT2D eigenvalue weighted by atomic mass is 10.2. The summed E-state index contributed by atoms with van der Waals surface area (Å²) in [6.45, 7) is 6.87. The quantitative estimate of drug-likeness (QED) is 0.451. The second kappa shape index (κ2) is 9.18. The lowest BCUT2D eigenvalue weighted by Gasteiger charge is -2.13. The minimum Gasteiger partial charge on any atom is -0.356 e. The predicted octanol–water partition coefficient (Wildman–Crippen LogP) is 1.45. The van der Waals surface area contributed by atoms with E-state index in [0.29, 0.717) is 5.92 Å². The highest BCUT2D eigenvalue weighted by Crippen LogP contribution is 1.92. The molecule has 0 amide bonds. The third kappa shape index (κ3) is 6.41. The van der Waals surface area contributed by atoms with Gasteiger partial charge in [-0.1, -0.05) is 19.9 Å². The van der Waals surface area contributed by atoms with E-state index in [0.717, 1.165) is 38.4 Å². The van der Waals surface area contributed by atoms with Gasteiger partial charge in [-0.2, -0.15) is 0 Å². The second-order valence-electron chi connectivity index (χ2n) is 5.21. The van der Waals surface area contributed by atoms with Crippen molar-refractivity contribution in [1.29, 1.82) is 0 Å². The summed E-state index contributed by atoms with van der Waals surface area (Å²) in [5.41, 5.74) is 0.0647. The van der Waals surface area contributed by atoms with Crippen molar-refractivity contribution < 1.29 is 0 Å². The van der Waals surface area contributed by atoms with Crippen molar-refractivity contribution in [1.82, 2.24) is 15.2 Å². The largest absolute Gasteiger partial charge is 0.356 e. The molecule has 0 spiro atoms. The minimum atomic E-state index is 0.0647. The van der Waals surface area contributed by atoms with Crippen molar-refractivity contribution >= 4 is 5.96 Å². The molecule has 0 atom stereocenters. The lowest BCUT2D eigenvalue weighted by molar-refractivity contribution is 0.579. The summed E-state index contributed by atoms with van der Waals surface area (Å²) in [7, 11) is 1.78. The average molecular weight is 278 g/mol. The first-order valence-electron chi connectivity index (χ1n) is 7.23. The van der Waals surface area contributed by atoms with Crippen LogP contribution in [-0.4, -0.2) is 30.7 Å². The van der Waals surface area contributed by atoms with Gasteiger partial charge < -0.3 is 15.2 Å². The van der Waals surface area contributed by atoms with Gasteiger partial charge in [0.25, 0.3) is 0 Å². The first-order valence-corrected chi connectivity index (χ1v) is 7.23. The fourth-order valence-electron chi connectivity index (χ4n) is 1.78. The van der Waals surface area contributed by atoms with Gasteiger partial charge in [0.1, 0.15) is 0 Å². The molecule has 0 saturated carbocycles. The zero-order valence-electron chi connectivity index (χ0n) is 12.7. The van der Waals surface area contributed by atoms with Gasteiger partial charge >= 0.3 is 0 Å². The maximum atomic E-state index is 11.5. The van der Waals surface area contributed by atoms with Gasteiger partial charge in [0.2, 0.25) is 5.56 Å². The van der Waals surface area contributed by atoms with E-state index >= 15 is 0 Å². The topological polar surface area (TPSA) is 58.4 Å². The molecule has 0 aliphatic rings. The molecule has 0 aliphatic carbocycles. The number of nitrogens with zero attached hydrogens (tertiary/aromatic N) is 2. The summed E-state index contributed by atoms with van der Waals surface area (Å²) in [6.07, 6.45) is 3.81. The van der Waals surface area contributed by atoms with Gasteiger partial charge in [0.05, 0.1) is 0 Å². The van der Waals surface area contributed by atoms with Gasteiger partial charge in [-0.3, -0.25) is 9.79 Å². The molecule has 5 nitrogen and oxygen atoms in total. The molecule has 1 aromatic rings. The van der Waals surface area contributed by atoms with E-state index < -0.39 is 0 Å². The molecule has 2 N–H and O–H groups in total. The van der Waals surface area contributed by atoms with Crippen molar-refractivity contribution in [3.05, 3.63) is 34.7 Å². The van der Waals surface area contributed by atoms with E-state index in [1.54, 1.807) is 23.7 Å². The van der Waals surface area contributed by atoms with Crippen LogP contribution in [0.15, 0.2) is 34.2 Å². The van der Waals surface area contributed by atoms with Crippen LogP contribution < -0.4 is 16.2 Å². The van der Waals surface area contributed by atoms with Crippen molar-refractivity contribution in [2.24, 2.45) is 10.9 Å². The van der Waals surface area contributed by atoms with Crippen LogP contribution >= 0.6 is 0 Å². The number of guanidine groups is 1. The SMILES string of the molecule is CN=C(NCCCCn1ccccc1=O)NCC(C)C. The molecule has 0 saturated heterocycles. The van der Waals surface area contributed by atoms with E-state index in [1.165, 1.54) is 0 Å². The molecule has 1 heterocycles. The number of hydrogen-bond donors (Lipinski definition) is 2. The molecule has 0 fully saturated rings. The molecule has 1 aromatic heterocycles. The van der Waals surface area contributed by atoms with Crippen molar-refractivity contribution in [3.8, 4) is 0 Å². The molecule has 20 heavy (non-hydrogen) atoms. The highest BCUT2D eigenvalue weighted by atomic mass is 16.1. The van der Waals surface area contributed by atoms with Gasteiger partial charge in [-0.05, 0) is 24.8 Å². The van der Waals surface area contributed by atoms with E-state index in [2.05, 4.69) is 29.5 Å². The molecule has 0 aromatic carbocycles. The molecule has 0 aliphatic heterocycles. The number of aromatic nitrogens is 1. The Labute approximate surface area is 121 Å². The summed E-state index contributed by atoms with van der Waals surface area (Å²) in [5.74, 6) is 1.44. The van der Waals surface area contributed by atoms with Crippen LogP contribution in [0.2, 0.25) is 0 Å². The minimum absolute atomic E-state index is 0.0647. The third-order valence-corrected chi connectivity index (χ3v) is 2.92. The van der Waals surface area contributed by atoms with E-state index in [-0.39, 0.29) is 5.56 Å². The number of aryl methyl sites for hydroxylation is 1. The Morgan fingerprint density at radius 1 is 1.30 bits per heavy atom. The third-order valence-electron chi connectivity index (χ3n) is 2.92. The van der Waals surface area contributed by atoms with Crippen LogP contribution in [0.25, 0.3) is 0 Å². The van der Waals surface area contributed by atoms with Gasteiger partial charge in [0.15, 0.2) is 5.96 Å². The summed E-state index contributed by atoms with van der Waals surface area (Å²) < 4.78 is 1.74. The Kier molecular flexibility index (Phi) is 7.47. The Morgan fingerprint density at radius 3 is 2.75 bits per heavy atom. The molecule has 0 bridgehead atoms. The number of nitrogens with one attached hydrogen (secondary N) is 2. The maximum Gasteiger partial charge on any atom is 0.250 e. The van der Waals surface area contributed by atoms with E-state index in [4.69, 9.17) is 0 Å². The standard InChI is InChI=1S/C15H26N4O/c1-13(2)12-18-15(16-3)17-9-5-7-11-19-10-6-4-8-14(19)20/h4,6,8,10,13H,5,7,9,11-12H2,1-3H3,(H2,16,17,18). The smallest absolute Gasteiger partial charge is 0.250 e. The van der Waals surface area contributed by atoms with Gasteiger partial charge in [-0.15, -0.1) is 0 Å². The molecular weight excluding hydrogens is 252 g/mol. The summed E-state index contributed by atoms with van der Waals surface area (Å²) in [5, 5.41) is 6.55. The second-order valence-corrected chi connectivity index (χ2v) is 5.21. The number of rotatable bonds is 7. The van der Waals surface area contributed by atoms with Gasteiger partial charge in [-0.25, -0.2) is 0 Å². The highest BCUT2D eigenvalue weighted by Gasteiger charge is 1.99. The van der Waals surface area contributed by atoms with Crippen LogP contribution in [0.5, 0.6) is 0 Å². The van der Waals surface area contributed by atoms with Crippen molar-refractivity contribution in [2.75, 3.05) is 20.1 Å². The maximum absolute atomic E-state index is 11.5.